The number of nitrogens with zero attached hydrogens (tertiary/aromatic N) is 2. The maximum Gasteiger partial charge on any atom is 0.253 e. The molecule has 244 valence electrons. The molecule has 3 rings (SSSR count). The number of nitrogens with one attached hydrogen (secondary N) is 1. The maximum atomic E-state index is 13.7. The summed E-state index contributed by atoms with van der Waals surface area (Å²) < 4.78 is 0. The van der Waals surface area contributed by atoms with Crippen molar-refractivity contribution in [2.75, 3.05) is 13.6 Å². The summed E-state index contributed by atoms with van der Waals surface area (Å²) in [7, 11) is 1.73. The summed E-state index contributed by atoms with van der Waals surface area (Å²) in [6.07, 6.45) is 2.83. The number of benzene rings is 2. The molecule has 7 nitrogen and oxygen atoms in total. The summed E-state index contributed by atoms with van der Waals surface area (Å²) in [5.74, 6) is -0.227. The molecular formula is C37H51N3O4S. The van der Waals surface area contributed by atoms with Crippen molar-refractivity contribution in [2.45, 2.75) is 85.8 Å². The Balaban J connectivity index is 1.74. The number of carbonyl (C=O) groups excluding carboxylic acids is 3. The summed E-state index contributed by atoms with van der Waals surface area (Å²) in [6, 6.07) is 16.7. The number of carbonyl (C=O) groups is 3. The molecule has 0 saturated heterocycles. The van der Waals surface area contributed by atoms with Gasteiger partial charge in [0.25, 0.3) is 5.91 Å². The number of hydrogen-bond donors (Lipinski definition) is 2. The summed E-state index contributed by atoms with van der Waals surface area (Å²) in [5, 5.41) is 17.4. The van der Waals surface area contributed by atoms with Gasteiger partial charge in [0.15, 0.2) is 5.78 Å². The number of hydrogen-bond acceptors (Lipinski definition) is 6. The third-order valence-electron chi connectivity index (χ3n) is 8.38. The van der Waals surface area contributed by atoms with Gasteiger partial charge in [-0.05, 0) is 61.6 Å². The molecule has 0 radical (unpaired) electrons. The quantitative estimate of drug-likeness (QED) is 0.145. The van der Waals surface area contributed by atoms with Crippen LogP contribution in [0.5, 0.6) is 0 Å². The van der Waals surface area contributed by atoms with Gasteiger partial charge in [-0.1, -0.05) is 83.0 Å². The van der Waals surface area contributed by atoms with E-state index in [1.807, 2.05) is 42.6 Å². The van der Waals surface area contributed by atoms with Gasteiger partial charge in [-0.2, -0.15) is 0 Å². The molecule has 3 aromatic rings. The fourth-order valence-corrected chi connectivity index (χ4v) is 6.59. The van der Waals surface area contributed by atoms with E-state index in [4.69, 9.17) is 0 Å². The zero-order chi connectivity index (χ0) is 32.9. The summed E-state index contributed by atoms with van der Waals surface area (Å²) in [6.45, 7) is 11.3. The molecule has 2 aromatic carbocycles. The van der Waals surface area contributed by atoms with Gasteiger partial charge in [0, 0.05) is 48.1 Å². The van der Waals surface area contributed by atoms with Crippen LogP contribution in [-0.2, 0) is 17.8 Å². The van der Waals surface area contributed by atoms with Crippen molar-refractivity contribution in [1.29, 1.82) is 0 Å². The van der Waals surface area contributed by atoms with Gasteiger partial charge in [-0.25, -0.2) is 4.98 Å². The Morgan fingerprint density at radius 3 is 2.33 bits per heavy atom. The average Bonchev–Trinajstić information content (AvgIpc) is 3.43. The molecule has 2 N–H and O–H groups in total. The largest absolute Gasteiger partial charge is 0.393 e. The SMILES string of the molecule is CCCC(C)C(CC[C@@H](O)[C@@H](CC(=O)c1cccc(C(=O)N(C)Cc2nc(C)cs2)c1)Cc1ccccc1)C(=O)NCC(C)C. The molecule has 4 atom stereocenters. The number of aromatic nitrogens is 1. The lowest BCUT2D eigenvalue weighted by molar-refractivity contribution is -0.127. The molecule has 1 heterocycles. The van der Waals surface area contributed by atoms with Crippen LogP contribution in [0.25, 0.3) is 0 Å². The second-order valence-corrected chi connectivity index (χ2v) is 13.8. The van der Waals surface area contributed by atoms with Crippen LogP contribution in [0.2, 0.25) is 0 Å². The Hall–Kier alpha value is -3.36. The summed E-state index contributed by atoms with van der Waals surface area (Å²) >= 11 is 1.52. The lowest BCUT2D eigenvalue weighted by atomic mass is 9.81. The second kappa shape index (κ2) is 18.0. The van der Waals surface area contributed by atoms with Gasteiger partial charge >= 0.3 is 0 Å². The summed E-state index contributed by atoms with van der Waals surface area (Å²) in [5.41, 5.74) is 2.86. The highest BCUT2D eigenvalue weighted by atomic mass is 32.1. The Bertz CT molecular complexity index is 1370. The number of rotatable bonds is 18. The van der Waals surface area contributed by atoms with Crippen LogP contribution in [-0.4, -0.2) is 52.3 Å². The van der Waals surface area contributed by atoms with Gasteiger partial charge in [0.05, 0.1) is 12.6 Å². The molecule has 2 unspecified atom stereocenters. The Kier molecular flexibility index (Phi) is 14.4. The highest BCUT2D eigenvalue weighted by molar-refractivity contribution is 7.09. The first-order chi connectivity index (χ1) is 21.5. The van der Waals surface area contributed by atoms with Crippen LogP contribution >= 0.6 is 11.3 Å². The predicted molar refractivity (Wildman–Crippen MR) is 182 cm³/mol. The first kappa shape index (κ1) is 36.1. The van der Waals surface area contributed by atoms with Gasteiger partial charge in [-0.3, -0.25) is 14.4 Å². The van der Waals surface area contributed by atoms with Crippen LogP contribution < -0.4 is 5.32 Å². The van der Waals surface area contributed by atoms with E-state index in [-0.39, 0.29) is 41.8 Å². The highest BCUT2D eigenvalue weighted by Crippen LogP contribution is 2.28. The highest BCUT2D eigenvalue weighted by Gasteiger charge is 2.29. The van der Waals surface area contributed by atoms with Gasteiger partial charge in [0.1, 0.15) is 5.01 Å². The van der Waals surface area contributed by atoms with E-state index in [9.17, 15) is 19.5 Å². The normalized spacial score (nSPS) is 14.0. The van der Waals surface area contributed by atoms with Crippen molar-refractivity contribution in [2.24, 2.45) is 23.7 Å². The summed E-state index contributed by atoms with van der Waals surface area (Å²) in [4.78, 5) is 46.1. The molecule has 45 heavy (non-hydrogen) atoms. The van der Waals surface area contributed by atoms with Crippen molar-refractivity contribution in [3.63, 3.8) is 0 Å². The first-order valence-electron chi connectivity index (χ1n) is 16.3. The fraction of sp³-hybridized carbons (Fsp3) is 0.514. The van der Waals surface area contributed by atoms with Crippen molar-refractivity contribution in [3.8, 4) is 0 Å². The van der Waals surface area contributed by atoms with Crippen molar-refractivity contribution >= 4 is 28.9 Å². The van der Waals surface area contributed by atoms with Gasteiger partial charge < -0.3 is 15.3 Å². The van der Waals surface area contributed by atoms with E-state index in [1.165, 1.54) is 11.3 Å². The lowest BCUT2D eigenvalue weighted by Crippen LogP contribution is -2.37. The molecule has 1 aromatic heterocycles. The van der Waals surface area contributed by atoms with Gasteiger partial charge in [-0.15, -0.1) is 11.3 Å². The Morgan fingerprint density at radius 1 is 0.978 bits per heavy atom. The number of aliphatic hydroxyl groups excluding tert-OH is 1. The Labute approximate surface area is 273 Å². The molecule has 8 heteroatoms. The topological polar surface area (TPSA) is 99.6 Å². The van der Waals surface area contributed by atoms with E-state index in [2.05, 4.69) is 38.0 Å². The molecule has 0 aliphatic rings. The van der Waals surface area contributed by atoms with E-state index in [0.717, 1.165) is 29.1 Å². The predicted octanol–water partition coefficient (Wildman–Crippen LogP) is 7.12. The minimum Gasteiger partial charge on any atom is -0.393 e. The lowest BCUT2D eigenvalue weighted by Gasteiger charge is -2.27. The third kappa shape index (κ3) is 11.5. The van der Waals surface area contributed by atoms with E-state index >= 15 is 0 Å². The zero-order valence-electron chi connectivity index (χ0n) is 27.8. The standard InChI is InChI=1S/C37H51N3O4S/c1-7-12-26(4)32(36(43)38-22-25(2)3)17-18-33(41)31(19-28-13-9-8-10-14-28)21-34(42)29-15-11-16-30(20-29)37(44)40(6)23-35-39-27(5)24-45-35/h8-11,13-16,20,24-26,31-33,41H,7,12,17-19,21-23H2,1-6H3,(H,38,43)/t26?,31-,32?,33-/m1/s1. The molecule has 2 amide bonds. The molecule has 0 aliphatic heterocycles. The molecule has 0 fully saturated rings. The van der Waals surface area contributed by atoms with Crippen molar-refractivity contribution in [3.05, 3.63) is 87.4 Å². The van der Waals surface area contributed by atoms with E-state index < -0.39 is 6.10 Å². The minimum absolute atomic E-state index is 0.0454. The van der Waals surface area contributed by atoms with Crippen LogP contribution in [0.4, 0.5) is 0 Å². The molecule has 0 spiro atoms. The number of ketones is 1. The third-order valence-corrected chi connectivity index (χ3v) is 9.33. The molecule has 0 saturated carbocycles. The number of Topliss-reactive ketones (excluding diaryl/α,β-unsaturated/α-hetero) is 1. The van der Waals surface area contributed by atoms with E-state index in [0.29, 0.717) is 49.4 Å². The van der Waals surface area contributed by atoms with Crippen LogP contribution in [0, 0.1) is 30.6 Å². The van der Waals surface area contributed by atoms with Crippen LogP contribution in [0.15, 0.2) is 60.0 Å². The smallest absolute Gasteiger partial charge is 0.253 e. The molecule has 0 bridgehead atoms. The van der Waals surface area contributed by atoms with E-state index in [1.54, 1.807) is 36.2 Å². The average molecular weight is 634 g/mol. The molecular weight excluding hydrogens is 582 g/mol. The minimum atomic E-state index is -0.763. The van der Waals surface area contributed by atoms with Crippen LogP contribution in [0.1, 0.15) is 96.8 Å². The Morgan fingerprint density at radius 2 is 1.69 bits per heavy atom. The van der Waals surface area contributed by atoms with Crippen molar-refractivity contribution in [1.82, 2.24) is 15.2 Å². The second-order valence-electron chi connectivity index (χ2n) is 12.9. The number of amides is 2. The first-order valence-corrected chi connectivity index (χ1v) is 17.2. The van der Waals surface area contributed by atoms with Gasteiger partial charge in [0.2, 0.25) is 5.91 Å². The molecule has 0 aliphatic carbocycles. The monoisotopic (exact) mass is 633 g/mol. The number of thiazole rings is 1. The van der Waals surface area contributed by atoms with Crippen molar-refractivity contribution < 1.29 is 19.5 Å². The number of aryl methyl sites for hydroxylation is 1. The fourth-order valence-electron chi connectivity index (χ4n) is 5.77. The zero-order valence-corrected chi connectivity index (χ0v) is 28.6. The number of aliphatic hydroxyl groups is 1. The van der Waals surface area contributed by atoms with Crippen LogP contribution in [0.3, 0.4) is 0 Å². The maximum absolute atomic E-state index is 13.7.